The average Bonchev–Trinajstić information content (AvgIpc) is 3.13. The van der Waals surface area contributed by atoms with Crippen molar-refractivity contribution in [2.45, 2.75) is 187 Å². The van der Waals surface area contributed by atoms with Gasteiger partial charge in [-0.3, -0.25) is 9.59 Å². The van der Waals surface area contributed by atoms with Gasteiger partial charge in [0.15, 0.2) is 0 Å². The first-order chi connectivity index (χ1) is 26.2. The fourth-order valence-corrected chi connectivity index (χ4v) is 6.76. The van der Waals surface area contributed by atoms with Crippen LogP contribution in [0.3, 0.4) is 0 Å². The second-order valence-corrected chi connectivity index (χ2v) is 16.6. The molecule has 0 aromatic carbocycles. The Morgan fingerprint density at radius 1 is 0.574 bits per heavy atom. The number of unbranched alkanes of at least 4 members (excludes halogenated alkanes) is 18. The van der Waals surface area contributed by atoms with Crippen molar-refractivity contribution < 1.29 is 38.0 Å². The van der Waals surface area contributed by atoms with E-state index in [1.807, 2.05) is 20.8 Å². The lowest BCUT2D eigenvalue weighted by atomic mass is 10.1. The van der Waals surface area contributed by atoms with Crippen molar-refractivity contribution in [1.29, 1.82) is 0 Å². The van der Waals surface area contributed by atoms with E-state index in [4.69, 9.17) is 34.2 Å². The molecule has 0 spiro atoms. The molecule has 0 radical (unpaired) electrons. The summed E-state index contributed by atoms with van der Waals surface area (Å²) in [6, 6.07) is -0.594. The van der Waals surface area contributed by atoms with Crippen molar-refractivity contribution in [3.05, 3.63) is 0 Å². The van der Waals surface area contributed by atoms with Crippen LogP contribution in [0.2, 0.25) is 0 Å². The highest BCUT2D eigenvalue weighted by atomic mass is 32.2. The highest BCUT2D eigenvalue weighted by Gasteiger charge is 2.17. The molecule has 2 unspecified atom stereocenters. The van der Waals surface area contributed by atoms with Crippen molar-refractivity contribution in [1.82, 2.24) is 5.32 Å². The maximum atomic E-state index is 12.5. The Hall–Kier alpha value is -0.950. The molecule has 10 nitrogen and oxygen atoms in total. The molecular weight excluding hydrogens is 705 g/mol. The maximum absolute atomic E-state index is 12.5. The molecule has 0 heterocycles. The zero-order valence-corrected chi connectivity index (χ0v) is 36.6. The van der Waals surface area contributed by atoms with E-state index < -0.39 is 11.6 Å². The molecule has 0 aromatic heterocycles. The molecule has 0 aromatic rings. The summed E-state index contributed by atoms with van der Waals surface area (Å²) in [5.41, 5.74) is 5.72. The molecule has 0 aliphatic carbocycles. The number of thioether (sulfide) groups is 1. The van der Waals surface area contributed by atoms with Gasteiger partial charge in [0.2, 0.25) is 5.91 Å². The lowest BCUT2D eigenvalue weighted by Gasteiger charge is -2.19. The van der Waals surface area contributed by atoms with Crippen molar-refractivity contribution in [3.63, 3.8) is 0 Å². The molecule has 0 saturated carbocycles. The fourth-order valence-electron chi connectivity index (χ4n) is 5.76. The molecule has 1 amide bonds. The lowest BCUT2D eigenvalue weighted by molar-refractivity contribution is -0.156. The molecule has 54 heavy (non-hydrogen) atoms. The van der Waals surface area contributed by atoms with Gasteiger partial charge in [0.25, 0.3) is 0 Å². The fraction of sp³-hybridized carbons (Fsp3) is 0.953. The number of nitrogens with one attached hydrogen (secondary N) is 1. The molecule has 0 aliphatic rings. The third-order valence-electron chi connectivity index (χ3n) is 8.90. The highest BCUT2D eigenvalue weighted by Crippen LogP contribution is 2.14. The number of carbonyl (C=O) groups is 2. The summed E-state index contributed by atoms with van der Waals surface area (Å²) >= 11 is 1.66. The topological polar surface area (TPSA) is 128 Å². The van der Waals surface area contributed by atoms with Gasteiger partial charge in [0, 0.05) is 31.3 Å². The number of amides is 1. The summed E-state index contributed by atoms with van der Waals surface area (Å²) in [5, 5.41) is 2.87. The van der Waals surface area contributed by atoms with Crippen LogP contribution in [0.15, 0.2) is 0 Å². The maximum Gasteiger partial charge on any atom is 0.308 e. The Kier molecular flexibility index (Phi) is 39.5. The number of carbonyl (C=O) groups excluding carboxylic acids is 2. The minimum atomic E-state index is -0.594. The van der Waals surface area contributed by atoms with Crippen LogP contribution in [0.4, 0.5) is 0 Å². The highest BCUT2D eigenvalue weighted by molar-refractivity contribution is 7.99. The second-order valence-electron chi connectivity index (χ2n) is 15.5. The predicted octanol–water partition coefficient (Wildman–Crippen LogP) is 9.19. The van der Waals surface area contributed by atoms with E-state index in [9.17, 15) is 9.59 Å². The van der Waals surface area contributed by atoms with Crippen molar-refractivity contribution in [2.75, 3.05) is 77.5 Å². The van der Waals surface area contributed by atoms with Gasteiger partial charge in [-0.2, -0.15) is 11.8 Å². The van der Waals surface area contributed by atoms with Crippen molar-refractivity contribution in [2.24, 2.45) is 5.73 Å². The molecule has 3 N–H and O–H groups in total. The third kappa shape index (κ3) is 40.7. The quantitative estimate of drug-likeness (QED) is 0.0457. The van der Waals surface area contributed by atoms with Gasteiger partial charge in [-0.1, -0.05) is 129 Å². The first kappa shape index (κ1) is 53.0. The minimum Gasteiger partial charge on any atom is -0.460 e. The summed E-state index contributed by atoms with van der Waals surface area (Å²) in [4.78, 5) is 24.2. The predicted molar refractivity (Wildman–Crippen MR) is 225 cm³/mol. The molecular formula is C43H86N2O8S. The molecule has 0 saturated heterocycles. The van der Waals surface area contributed by atoms with Crippen LogP contribution in [-0.4, -0.2) is 107 Å². The summed E-state index contributed by atoms with van der Waals surface area (Å²) in [5.74, 6) is 0.837. The SMILES string of the molecule is CCCCCCCCCCCCOCC(CSCC(N)C(=O)NCCOCCOCCOCCC(=O)OC(C)(C)C)OCCCCCCCCCCCC. The van der Waals surface area contributed by atoms with Crippen molar-refractivity contribution in [3.8, 4) is 0 Å². The van der Waals surface area contributed by atoms with E-state index in [0.717, 1.165) is 31.8 Å². The second kappa shape index (κ2) is 40.3. The number of hydrogen-bond acceptors (Lipinski definition) is 10. The van der Waals surface area contributed by atoms with Crippen LogP contribution in [0.5, 0.6) is 0 Å². The Morgan fingerprint density at radius 2 is 1.04 bits per heavy atom. The van der Waals surface area contributed by atoms with Crippen LogP contribution in [0.1, 0.15) is 169 Å². The van der Waals surface area contributed by atoms with Gasteiger partial charge in [0.1, 0.15) is 5.60 Å². The van der Waals surface area contributed by atoms with Crippen molar-refractivity contribution >= 4 is 23.6 Å². The summed E-state index contributed by atoms with van der Waals surface area (Å²) in [7, 11) is 0. The minimum absolute atomic E-state index is 0.00589. The molecule has 0 fully saturated rings. The Bertz CT molecular complexity index is 817. The number of rotatable bonds is 42. The van der Waals surface area contributed by atoms with Crippen LogP contribution >= 0.6 is 11.8 Å². The molecule has 0 bridgehead atoms. The van der Waals surface area contributed by atoms with E-state index in [0.29, 0.717) is 58.5 Å². The first-order valence-electron chi connectivity index (χ1n) is 21.9. The van der Waals surface area contributed by atoms with Gasteiger partial charge < -0.3 is 39.5 Å². The van der Waals surface area contributed by atoms with Crippen LogP contribution in [-0.2, 0) is 38.0 Å². The standard InChI is InChI=1S/C43H86N2O8S/c1-6-8-10-12-14-16-18-20-22-24-28-51-36-39(52-29-25-23-21-19-17-15-13-11-9-7-2)37-54-38-40(44)42(47)45-27-31-49-33-35-50-34-32-48-30-26-41(46)53-43(3,4)5/h39-40H,6-38,44H2,1-5H3,(H,45,47). The molecule has 11 heteroatoms. The molecule has 2 atom stereocenters. The van der Waals surface area contributed by atoms with Gasteiger partial charge >= 0.3 is 5.97 Å². The summed E-state index contributed by atoms with van der Waals surface area (Å²) in [6.07, 6.45) is 26.4. The smallest absolute Gasteiger partial charge is 0.308 e. The normalized spacial score (nSPS) is 12.9. The van der Waals surface area contributed by atoms with E-state index in [-0.39, 0.29) is 24.4 Å². The monoisotopic (exact) mass is 791 g/mol. The molecule has 0 aliphatic heterocycles. The van der Waals surface area contributed by atoms with E-state index in [1.54, 1.807) is 11.8 Å². The number of nitrogens with two attached hydrogens (primary N) is 1. The van der Waals surface area contributed by atoms with Gasteiger partial charge in [-0.25, -0.2) is 0 Å². The largest absolute Gasteiger partial charge is 0.460 e. The summed E-state index contributed by atoms with van der Waals surface area (Å²) in [6.45, 7) is 14.9. The average molecular weight is 791 g/mol. The first-order valence-corrected chi connectivity index (χ1v) is 23.1. The summed E-state index contributed by atoms with van der Waals surface area (Å²) < 4.78 is 34.1. The van der Waals surface area contributed by atoms with Crippen LogP contribution in [0, 0.1) is 0 Å². The number of esters is 1. The zero-order valence-electron chi connectivity index (χ0n) is 35.7. The zero-order chi connectivity index (χ0) is 39.8. The Labute approximate surface area is 336 Å². The lowest BCUT2D eigenvalue weighted by Crippen LogP contribution is -2.43. The van der Waals surface area contributed by atoms with Crippen LogP contribution < -0.4 is 11.1 Å². The van der Waals surface area contributed by atoms with Gasteiger partial charge in [0.05, 0.1) is 64.8 Å². The Morgan fingerprint density at radius 3 is 1.56 bits per heavy atom. The van der Waals surface area contributed by atoms with E-state index in [2.05, 4.69) is 19.2 Å². The molecule has 322 valence electrons. The van der Waals surface area contributed by atoms with Crippen LogP contribution in [0.25, 0.3) is 0 Å². The van der Waals surface area contributed by atoms with E-state index >= 15 is 0 Å². The van der Waals surface area contributed by atoms with Gasteiger partial charge in [-0.05, 0) is 33.6 Å². The number of ether oxygens (including phenoxy) is 6. The third-order valence-corrected chi connectivity index (χ3v) is 10.1. The number of hydrogen-bond donors (Lipinski definition) is 2. The Balaban J connectivity index is 4.11. The van der Waals surface area contributed by atoms with Gasteiger partial charge in [-0.15, -0.1) is 0 Å². The van der Waals surface area contributed by atoms with E-state index in [1.165, 1.54) is 116 Å². The molecule has 0 rings (SSSR count).